The second kappa shape index (κ2) is 3.94. The molecule has 4 heteroatoms. The minimum absolute atomic E-state index is 0.123. The Kier molecular flexibility index (Phi) is 2.65. The Labute approximate surface area is 83.5 Å². The maximum absolute atomic E-state index is 5.69. The van der Waals surface area contributed by atoms with E-state index in [1.165, 1.54) is 0 Å². The molecule has 76 valence electrons. The molecule has 0 amide bonds. The number of aromatic nitrogens is 1. The van der Waals surface area contributed by atoms with Crippen LogP contribution in [0.2, 0.25) is 0 Å². The lowest BCUT2D eigenvalue weighted by Crippen LogP contribution is -2.52. The first kappa shape index (κ1) is 9.43. The van der Waals surface area contributed by atoms with Crippen LogP contribution in [0.3, 0.4) is 0 Å². The molecule has 2 heterocycles. The molecule has 1 saturated heterocycles. The van der Waals surface area contributed by atoms with Gasteiger partial charge in [0.15, 0.2) is 0 Å². The van der Waals surface area contributed by atoms with Crippen molar-refractivity contribution in [2.75, 3.05) is 31.6 Å². The summed E-state index contributed by atoms with van der Waals surface area (Å²) < 4.78 is 5.18. The summed E-state index contributed by atoms with van der Waals surface area (Å²) in [4.78, 5) is 4.18. The average molecular weight is 193 g/mol. The van der Waals surface area contributed by atoms with E-state index in [2.05, 4.69) is 10.3 Å². The molecule has 0 atom stereocenters. The minimum Gasteiger partial charge on any atom is -0.380 e. The molecule has 0 saturated carbocycles. The third-order valence-electron chi connectivity index (χ3n) is 2.56. The highest BCUT2D eigenvalue weighted by atomic mass is 16.5. The lowest BCUT2D eigenvalue weighted by atomic mass is 9.86. The summed E-state index contributed by atoms with van der Waals surface area (Å²) >= 11 is 0. The van der Waals surface area contributed by atoms with Crippen LogP contribution in [0.5, 0.6) is 0 Å². The van der Waals surface area contributed by atoms with Crippen LogP contribution in [-0.4, -0.2) is 31.3 Å². The summed E-state index contributed by atoms with van der Waals surface area (Å²) in [6, 6.07) is 5.81. The lowest BCUT2D eigenvalue weighted by Gasteiger charge is -2.40. The molecule has 0 spiro atoms. The van der Waals surface area contributed by atoms with Crippen molar-refractivity contribution < 1.29 is 4.74 Å². The van der Waals surface area contributed by atoms with Crippen LogP contribution in [0, 0.1) is 5.41 Å². The van der Waals surface area contributed by atoms with E-state index in [9.17, 15) is 0 Å². The second-order valence-electron chi connectivity index (χ2n) is 3.77. The summed E-state index contributed by atoms with van der Waals surface area (Å²) in [5.41, 5.74) is 5.82. The van der Waals surface area contributed by atoms with Gasteiger partial charge in [-0.1, -0.05) is 6.07 Å². The number of nitrogens with zero attached hydrogens (tertiary/aromatic N) is 1. The van der Waals surface area contributed by atoms with Crippen molar-refractivity contribution in [2.45, 2.75) is 0 Å². The number of hydrogen-bond donors (Lipinski definition) is 2. The van der Waals surface area contributed by atoms with Gasteiger partial charge in [0, 0.05) is 24.7 Å². The van der Waals surface area contributed by atoms with Gasteiger partial charge in [-0.25, -0.2) is 4.98 Å². The Bertz CT molecular complexity index is 279. The van der Waals surface area contributed by atoms with Gasteiger partial charge in [-0.05, 0) is 12.1 Å². The van der Waals surface area contributed by atoms with Crippen LogP contribution in [0.15, 0.2) is 24.4 Å². The standard InChI is InChI=1S/C10H15N3O/c11-5-10(7-14-8-10)6-13-9-3-1-2-4-12-9/h1-4H,5-8,11H2,(H,12,13). The first-order valence-corrected chi connectivity index (χ1v) is 4.77. The van der Waals surface area contributed by atoms with E-state index in [-0.39, 0.29) is 5.41 Å². The van der Waals surface area contributed by atoms with E-state index in [1.807, 2.05) is 18.2 Å². The van der Waals surface area contributed by atoms with Crippen molar-refractivity contribution >= 4 is 5.82 Å². The molecule has 1 fully saturated rings. The van der Waals surface area contributed by atoms with E-state index >= 15 is 0 Å². The van der Waals surface area contributed by atoms with Crippen LogP contribution < -0.4 is 11.1 Å². The molecule has 2 rings (SSSR count). The largest absolute Gasteiger partial charge is 0.380 e. The van der Waals surface area contributed by atoms with Crippen molar-refractivity contribution in [3.8, 4) is 0 Å². The monoisotopic (exact) mass is 193 g/mol. The zero-order valence-corrected chi connectivity index (χ0v) is 8.07. The fourth-order valence-electron chi connectivity index (χ4n) is 1.43. The van der Waals surface area contributed by atoms with Gasteiger partial charge in [-0.15, -0.1) is 0 Å². The molecular weight excluding hydrogens is 178 g/mol. The number of nitrogens with two attached hydrogens (primary N) is 1. The fourth-order valence-corrected chi connectivity index (χ4v) is 1.43. The highest BCUT2D eigenvalue weighted by Gasteiger charge is 2.36. The maximum atomic E-state index is 5.69. The summed E-state index contributed by atoms with van der Waals surface area (Å²) in [7, 11) is 0. The molecule has 1 aliphatic rings. The van der Waals surface area contributed by atoms with E-state index in [0.717, 1.165) is 25.6 Å². The van der Waals surface area contributed by atoms with Crippen LogP contribution in [-0.2, 0) is 4.74 Å². The summed E-state index contributed by atoms with van der Waals surface area (Å²) in [6.07, 6.45) is 1.77. The molecule has 3 N–H and O–H groups in total. The predicted molar refractivity (Wildman–Crippen MR) is 55.0 cm³/mol. The third kappa shape index (κ3) is 1.86. The fraction of sp³-hybridized carbons (Fsp3) is 0.500. The van der Waals surface area contributed by atoms with Gasteiger partial charge in [-0.3, -0.25) is 0 Å². The zero-order valence-electron chi connectivity index (χ0n) is 8.07. The Morgan fingerprint density at radius 2 is 2.36 bits per heavy atom. The molecule has 1 aromatic rings. The van der Waals surface area contributed by atoms with Crippen molar-refractivity contribution in [3.63, 3.8) is 0 Å². The SMILES string of the molecule is NCC1(CNc2ccccn2)COC1. The smallest absolute Gasteiger partial charge is 0.125 e. The van der Waals surface area contributed by atoms with Crippen LogP contribution in [0.4, 0.5) is 5.82 Å². The van der Waals surface area contributed by atoms with Gasteiger partial charge in [0.2, 0.25) is 0 Å². The highest BCUT2D eigenvalue weighted by molar-refractivity contribution is 5.33. The van der Waals surface area contributed by atoms with Crippen LogP contribution in [0.25, 0.3) is 0 Å². The van der Waals surface area contributed by atoms with Crippen molar-refractivity contribution in [2.24, 2.45) is 11.1 Å². The third-order valence-corrected chi connectivity index (χ3v) is 2.56. The Morgan fingerprint density at radius 1 is 1.50 bits per heavy atom. The van der Waals surface area contributed by atoms with Crippen molar-refractivity contribution in [1.29, 1.82) is 0 Å². The Morgan fingerprint density at radius 3 is 2.86 bits per heavy atom. The van der Waals surface area contributed by atoms with Gasteiger partial charge >= 0.3 is 0 Å². The van der Waals surface area contributed by atoms with E-state index in [1.54, 1.807) is 6.20 Å². The van der Waals surface area contributed by atoms with Gasteiger partial charge in [0.05, 0.1) is 13.2 Å². The van der Waals surface area contributed by atoms with Crippen molar-refractivity contribution in [3.05, 3.63) is 24.4 Å². The van der Waals surface area contributed by atoms with Crippen molar-refractivity contribution in [1.82, 2.24) is 4.98 Å². The van der Waals surface area contributed by atoms with E-state index in [0.29, 0.717) is 6.54 Å². The van der Waals surface area contributed by atoms with E-state index < -0.39 is 0 Å². The zero-order chi connectivity index (χ0) is 9.86. The lowest BCUT2D eigenvalue weighted by molar-refractivity contribution is -0.0979. The maximum Gasteiger partial charge on any atom is 0.125 e. The highest BCUT2D eigenvalue weighted by Crippen LogP contribution is 2.25. The number of hydrogen-bond acceptors (Lipinski definition) is 4. The summed E-state index contributed by atoms with van der Waals surface area (Å²) in [5, 5.41) is 3.27. The predicted octanol–water partition coefficient (Wildman–Crippen LogP) is 0.469. The molecule has 0 bridgehead atoms. The normalized spacial score (nSPS) is 18.6. The molecule has 14 heavy (non-hydrogen) atoms. The summed E-state index contributed by atoms with van der Waals surface area (Å²) in [5.74, 6) is 0.896. The quantitative estimate of drug-likeness (QED) is 0.729. The average Bonchev–Trinajstić information content (AvgIpc) is 2.19. The molecule has 4 nitrogen and oxygen atoms in total. The molecule has 0 aromatic carbocycles. The minimum atomic E-state index is 0.123. The van der Waals surface area contributed by atoms with Gasteiger partial charge < -0.3 is 15.8 Å². The molecule has 1 aromatic heterocycles. The van der Waals surface area contributed by atoms with Gasteiger partial charge in [0.25, 0.3) is 0 Å². The van der Waals surface area contributed by atoms with E-state index in [4.69, 9.17) is 10.5 Å². The Hall–Kier alpha value is -1.13. The Balaban J connectivity index is 1.88. The van der Waals surface area contributed by atoms with Gasteiger partial charge in [-0.2, -0.15) is 0 Å². The van der Waals surface area contributed by atoms with Crippen LogP contribution >= 0.6 is 0 Å². The molecule has 0 aliphatic carbocycles. The first-order chi connectivity index (χ1) is 6.85. The number of pyridine rings is 1. The number of rotatable bonds is 4. The molecule has 0 radical (unpaired) electrons. The number of nitrogens with one attached hydrogen (secondary N) is 1. The number of anilines is 1. The second-order valence-corrected chi connectivity index (χ2v) is 3.77. The van der Waals surface area contributed by atoms with Gasteiger partial charge in [0.1, 0.15) is 5.82 Å². The first-order valence-electron chi connectivity index (χ1n) is 4.77. The summed E-state index contributed by atoms with van der Waals surface area (Å²) in [6.45, 7) is 3.00. The molecular formula is C10H15N3O. The number of ether oxygens (including phenoxy) is 1. The molecule has 1 aliphatic heterocycles. The molecule has 0 unspecified atom stereocenters. The topological polar surface area (TPSA) is 60.2 Å². The van der Waals surface area contributed by atoms with Crippen LogP contribution in [0.1, 0.15) is 0 Å².